The van der Waals surface area contributed by atoms with Crippen LogP contribution in [0.1, 0.15) is 15.2 Å². The van der Waals surface area contributed by atoms with Crippen molar-refractivity contribution in [1.82, 2.24) is 10.2 Å². The highest BCUT2D eigenvalue weighted by molar-refractivity contribution is 8.01. The van der Waals surface area contributed by atoms with Crippen LogP contribution in [0.5, 0.6) is 0 Å². The van der Waals surface area contributed by atoms with Crippen molar-refractivity contribution >= 4 is 62.8 Å². The van der Waals surface area contributed by atoms with Crippen LogP contribution in [-0.4, -0.2) is 32.7 Å². The molecule has 3 rings (SSSR count). The second-order valence-electron chi connectivity index (χ2n) is 5.46. The molecule has 0 spiro atoms. The summed E-state index contributed by atoms with van der Waals surface area (Å²) in [5, 5.41) is 26.1. The van der Waals surface area contributed by atoms with E-state index in [1.54, 1.807) is 12.1 Å². The lowest BCUT2D eigenvalue weighted by atomic mass is 10.3. The maximum absolute atomic E-state index is 12.1. The molecule has 2 N–H and O–H groups in total. The minimum atomic E-state index is -0.529. The van der Waals surface area contributed by atoms with Crippen LogP contribution in [0.15, 0.2) is 40.1 Å². The molecule has 144 valence electrons. The summed E-state index contributed by atoms with van der Waals surface area (Å²) in [6.45, 7) is 1.91. The molecule has 3 aromatic rings. The molecule has 1 aromatic carbocycles. The number of hydrogen-bond acceptors (Lipinski definition) is 9. The Labute approximate surface area is 171 Å². The number of benzene rings is 1. The number of thioether (sulfide) groups is 1. The number of rotatable bonds is 7. The Balaban J connectivity index is 1.51. The molecular weight excluding hydrogens is 422 g/mol. The van der Waals surface area contributed by atoms with Gasteiger partial charge in [-0.3, -0.25) is 25.0 Å². The molecule has 0 saturated heterocycles. The molecule has 0 aliphatic carbocycles. The number of nitro benzene ring substituents is 1. The Hall–Kier alpha value is -2.83. The summed E-state index contributed by atoms with van der Waals surface area (Å²) >= 11 is 3.66. The predicted molar refractivity (Wildman–Crippen MR) is 109 cm³/mol. The van der Waals surface area contributed by atoms with Crippen molar-refractivity contribution in [3.8, 4) is 0 Å². The molecule has 0 saturated carbocycles. The van der Waals surface area contributed by atoms with Crippen LogP contribution in [0.2, 0.25) is 0 Å². The van der Waals surface area contributed by atoms with Gasteiger partial charge in [0.15, 0.2) is 4.34 Å². The summed E-state index contributed by atoms with van der Waals surface area (Å²) in [6.07, 6.45) is 0. The van der Waals surface area contributed by atoms with Gasteiger partial charge < -0.3 is 5.32 Å². The fourth-order valence-corrected chi connectivity index (χ4v) is 4.39. The predicted octanol–water partition coefficient (Wildman–Crippen LogP) is 3.80. The Kier molecular flexibility index (Phi) is 6.34. The summed E-state index contributed by atoms with van der Waals surface area (Å²) in [5.41, 5.74) is 1.26. The summed E-state index contributed by atoms with van der Waals surface area (Å²) < 4.78 is 0.520. The largest absolute Gasteiger partial charge is 0.325 e. The highest BCUT2D eigenvalue weighted by atomic mass is 32.2. The van der Waals surface area contributed by atoms with Crippen molar-refractivity contribution in [3.63, 3.8) is 0 Å². The Morgan fingerprint density at radius 2 is 2.07 bits per heavy atom. The van der Waals surface area contributed by atoms with Crippen LogP contribution >= 0.6 is 34.4 Å². The highest BCUT2D eigenvalue weighted by Crippen LogP contribution is 2.26. The topological polar surface area (TPSA) is 127 Å². The molecule has 12 heteroatoms. The smallest absolute Gasteiger partial charge is 0.271 e. The zero-order valence-electron chi connectivity index (χ0n) is 14.4. The second-order valence-corrected chi connectivity index (χ2v) is 8.57. The van der Waals surface area contributed by atoms with Gasteiger partial charge in [-0.2, -0.15) is 0 Å². The van der Waals surface area contributed by atoms with E-state index in [4.69, 9.17) is 0 Å². The third kappa shape index (κ3) is 5.34. The third-order valence-electron chi connectivity index (χ3n) is 3.25. The lowest BCUT2D eigenvalue weighted by Crippen LogP contribution is -2.14. The number of non-ortho nitro benzene ring substituents is 1. The number of nitro groups is 1. The van der Waals surface area contributed by atoms with Crippen molar-refractivity contribution in [2.45, 2.75) is 11.3 Å². The van der Waals surface area contributed by atoms with E-state index < -0.39 is 4.92 Å². The maximum atomic E-state index is 12.1. The number of aryl methyl sites for hydroxylation is 1. The lowest BCUT2D eigenvalue weighted by Gasteiger charge is -2.03. The van der Waals surface area contributed by atoms with E-state index in [1.807, 2.05) is 12.3 Å². The van der Waals surface area contributed by atoms with Crippen LogP contribution in [0.25, 0.3) is 0 Å². The van der Waals surface area contributed by atoms with Gasteiger partial charge in [-0.05, 0) is 30.0 Å². The first-order valence-electron chi connectivity index (χ1n) is 7.78. The van der Waals surface area contributed by atoms with Crippen molar-refractivity contribution in [1.29, 1.82) is 0 Å². The quantitative estimate of drug-likeness (QED) is 0.250. The molecule has 2 amide bonds. The van der Waals surface area contributed by atoms with Crippen LogP contribution in [0, 0.1) is 17.0 Å². The SMILES string of the molecule is Cc1csc(C(=O)Nc2nnc(SCC(=O)Nc3cccc([N+](=O)[O-])c3)s2)c1. The highest BCUT2D eigenvalue weighted by Gasteiger charge is 2.14. The number of amides is 2. The number of carbonyl (C=O) groups is 2. The molecule has 0 aliphatic heterocycles. The molecule has 2 aromatic heterocycles. The van der Waals surface area contributed by atoms with Crippen molar-refractivity contribution in [2.75, 3.05) is 16.4 Å². The lowest BCUT2D eigenvalue weighted by molar-refractivity contribution is -0.384. The zero-order valence-corrected chi connectivity index (χ0v) is 16.8. The van der Waals surface area contributed by atoms with E-state index in [2.05, 4.69) is 20.8 Å². The van der Waals surface area contributed by atoms with Crippen molar-refractivity contribution in [2.24, 2.45) is 0 Å². The van der Waals surface area contributed by atoms with E-state index in [-0.39, 0.29) is 23.3 Å². The molecule has 28 heavy (non-hydrogen) atoms. The number of thiophene rings is 1. The third-order valence-corrected chi connectivity index (χ3v) is 6.27. The molecular formula is C16H13N5O4S3. The first-order valence-corrected chi connectivity index (χ1v) is 10.5. The molecule has 2 heterocycles. The average Bonchev–Trinajstić information content (AvgIpc) is 3.29. The zero-order chi connectivity index (χ0) is 20.1. The first-order chi connectivity index (χ1) is 13.4. The molecule has 0 radical (unpaired) electrons. The molecule has 0 fully saturated rings. The van der Waals surface area contributed by atoms with Gasteiger partial charge in [0.05, 0.1) is 15.6 Å². The van der Waals surface area contributed by atoms with Gasteiger partial charge in [-0.15, -0.1) is 21.5 Å². The number of carbonyl (C=O) groups excluding carboxylic acids is 2. The molecule has 9 nitrogen and oxygen atoms in total. The molecule has 0 aliphatic rings. The minimum absolute atomic E-state index is 0.0510. The standard InChI is InChI=1S/C16H13N5O4S3/c1-9-5-12(26-7-9)14(23)18-15-19-20-16(28-15)27-8-13(22)17-10-3-2-4-11(6-10)21(24)25/h2-7H,8H2,1H3,(H,17,22)(H,18,19,23). The number of nitrogens with zero attached hydrogens (tertiary/aromatic N) is 3. The van der Waals surface area contributed by atoms with Crippen LogP contribution in [0.4, 0.5) is 16.5 Å². The first kappa shape index (κ1) is 19.9. The second kappa shape index (κ2) is 8.91. The van der Waals surface area contributed by atoms with Gasteiger partial charge in [0, 0.05) is 17.8 Å². The average molecular weight is 436 g/mol. The van der Waals surface area contributed by atoms with E-state index in [1.165, 1.54) is 29.5 Å². The monoisotopic (exact) mass is 435 g/mol. The molecule has 0 atom stereocenters. The van der Waals surface area contributed by atoms with Gasteiger partial charge in [0.25, 0.3) is 11.6 Å². The van der Waals surface area contributed by atoms with Crippen LogP contribution in [0.3, 0.4) is 0 Å². The van der Waals surface area contributed by atoms with Gasteiger partial charge in [-0.1, -0.05) is 29.2 Å². The van der Waals surface area contributed by atoms with Gasteiger partial charge in [0.2, 0.25) is 11.0 Å². The molecule has 0 bridgehead atoms. The normalized spacial score (nSPS) is 10.5. The fraction of sp³-hybridized carbons (Fsp3) is 0.125. The number of hydrogen-bond donors (Lipinski definition) is 2. The van der Waals surface area contributed by atoms with Gasteiger partial charge >= 0.3 is 0 Å². The van der Waals surface area contributed by atoms with Gasteiger partial charge in [0.1, 0.15) is 0 Å². The molecule has 0 unspecified atom stereocenters. The summed E-state index contributed by atoms with van der Waals surface area (Å²) in [6, 6.07) is 7.48. The number of aromatic nitrogens is 2. The summed E-state index contributed by atoms with van der Waals surface area (Å²) in [7, 11) is 0. The van der Waals surface area contributed by atoms with E-state index >= 15 is 0 Å². The summed E-state index contributed by atoms with van der Waals surface area (Å²) in [4.78, 5) is 34.9. The minimum Gasteiger partial charge on any atom is -0.325 e. The van der Waals surface area contributed by atoms with Crippen LogP contribution < -0.4 is 10.6 Å². The Morgan fingerprint density at radius 3 is 2.79 bits per heavy atom. The van der Waals surface area contributed by atoms with Gasteiger partial charge in [-0.25, -0.2) is 0 Å². The van der Waals surface area contributed by atoms with Crippen molar-refractivity contribution in [3.05, 3.63) is 56.3 Å². The van der Waals surface area contributed by atoms with Crippen molar-refractivity contribution < 1.29 is 14.5 Å². The fourth-order valence-electron chi connectivity index (χ4n) is 2.05. The maximum Gasteiger partial charge on any atom is 0.271 e. The number of nitrogens with one attached hydrogen (secondary N) is 2. The van der Waals surface area contributed by atoms with E-state index in [0.29, 0.717) is 20.0 Å². The van der Waals surface area contributed by atoms with E-state index in [9.17, 15) is 19.7 Å². The summed E-state index contributed by atoms with van der Waals surface area (Å²) in [5.74, 6) is -0.537. The Morgan fingerprint density at radius 1 is 1.25 bits per heavy atom. The number of anilines is 2. The van der Waals surface area contributed by atoms with Crippen LogP contribution in [-0.2, 0) is 4.79 Å². The van der Waals surface area contributed by atoms with E-state index in [0.717, 1.165) is 28.7 Å². The Bertz CT molecular complexity index is 1030.